The number of ether oxygens (including phenoxy) is 2. The van der Waals surface area contributed by atoms with Gasteiger partial charge >= 0.3 is 5.97 Å². The summed E-state index contributed by atoms with van der Waals surface area (Å²) in [6, 6.07) is 15.5. The van der Waals surface area contributed by atoms with Crippen LogP contribution in [0.5, 0.6) is 5.75 Å². The van der Waals surface area contributed by atoms with Gasteiger partial charge in [-0.1, -0.05) is 24.6 Å². The zero-order valence-electron chi connectivity index (χ0n) is 20.1. The molecule has 3 aromatic rings. The summed E-state index contributed by atoms with van der Waals surface area (Å²) in [7, 11) is -2.48. The highest BCUT2D eigenvalue weighted by atomic mass is 32.2. The number of fused-ring (bicyclic) bond motifs is 1. The summed E-state index contributed by atoms with van der Waals surface area (Å²) in [6.07, 6.45) is 3.08. The fraction of sp³-hybridized carbons (Fsp3) is 0.385. The molecule has 0 bridgehead atoms. The molecule has 2 heterocycles. The summed E-state index contributed by atoms with van der Waals surface area (Å²) >= 11 is 0. The fourth-order valence-electron chi connectivity index (χ4n) is 4.39. The van der Waals surface area contributed by atoms with Crippen LogP contribution < -0.4 is 9.46 Å². The standard InChI is InChI=1S/C26H31N3O5S/c1-19-16-20(23-8-4-5-9-24(23)28-19)18-34-21-10-12-22(13-11-21)35(31,32)27-17-25(26(30)33-2)29-14-6-3-7-15-29/h4-5,8-13,16,25,27H,3,6-7,14-15,17-18H2,1-2H3/t25-/m1/s1. The van der Waals surface area contributed by atoms with Gasteiger partial charge in [0.25, 0.3) is 0 Å². The Labute approximate surface area is 206 Å². The first-order valence-corrected chi connectivity index (χ1v) is 13.3. The summed E-state index contributed by atoms with van der Waals surface area (Å²) in [5.74, 6) is 0.125. The summed E-state index contributed by atoms with van der Waals surface area (Å²) in [4.78, 5) is 18.9. The van der Waals surface area contributed by atoms with E-state index in [9.17, 15) is 13.2 Å². The Hall–Kier alpha value is -3.01. The van der Waals surface area contributed by atoms with Gasteiger partial charge in [-0.3, -0.25) is 14.7 Å². The van der Waals surface area contributed by atoms with Crippen LogP contribution in [0.4, 0.5) is 0 Å². The highest BCUT2D eigenvalue weighted by molar-refractivity contribution is 7.89. The number of piperidine rings is 1. The van der Waals surface area contributed by atoms with E-state index in [1.54, 1.807) is 12.1 Å². The Morgan fingerprint density at radius 1 is 1.09 bits per heavy atom. The Bertz CT molecular complexity index is 1270. The van der Waals surface area contributed by atoms with Crippen molar-refractivity contribution in [3.63, 3.8) is 0 Å². The number of esters is 1. The molecule has 1 atom stereocenters. The molecule has 0 aliphatic carbocycles. The van der Waals surface area contributed by atoms with Gasteiger partial charge in [0.05, 0.1) is 17.5 Å². The lowest BCUT2D eigenvalue weighted by molar-refractivity contribution is -0.147. The van der Waals surface area contributed by atoms with E-state index < -0.39 is 22.0 Å². The molecule has 8 nitrogen and oxygen atoms in total. The fourth-order valence-corrected chi connectivity index (χ4v) is 5.43. The number of carbonyl (C=O) groups excluding carboxylic acids is 1. The predicted octanol–water partition coefficient (Wildman–Crippen LogP) is 3.43. The average molecular weight is 498 g/mol. The number of nitrogens with one attached hydrogen (secondary N) is 1. The quantitative estimate of drug-likeness (QED) is 0.452. The van der Waals surface area contributed by atoms with Gasteiger partial charge in [-0.05, 0) is 69.3 Å². The van der Waals surface area contributed by atoms with Crippen molar-refractivity contribution in [1.82, 2.24) is 14.6 Å². The minimum atomic E-state index is -3.80. The number of aryl methyl sites for hydroxylation is 1. The number of sulfonamides is 1. The largest absolute Gasteiger partial charge is 0.489 e. The molecule has 1 N–H and O–H groups in total. The first-order chi connectivity index (χ1) is 16.9. The van der Waals surface area contributed by atoms with E-state index in [4.69, 9.17) is 9.47 Å². The van der Waals surface area contributed by atoms with Crippen LogP contribution in [0.2, 0.25) is 0 Å². The molecule has 1 aliphatic heterocycles. The summed E-state index contributed by atoms with van der Waals surface area (Å²) in [5.41, 5.74) is 2.83. The van der Waals surface area contributed by atoms with Gasteiger partial charge in [0, 0.05) is 23.2 Å². The third-order valence-corrected chi connectivity index (χ3v) is 7.67. The first kappa shape index (κ1) is 25.1. The Morgan fingerprint density at radius 2 is 1.80 bits per heavy atom. The number of benzene rings is 2. The van der Waals surface area contributed by atoms with Crippen LogP contribution in [0.15, 0.2) is 59.5 Å². The number of rotatable bonds is 9. The van der Waals surface area contributed by atoms with Gasteiger partial charge in [-0.2, -0.15) is 0 Å². The van der Waals surface area contributed by atoms with Gasteiger partial charge in [0.2, 0.25) is 10.0 Å². The van der Waals surface area contributed by atoms with Crippen molar-refractivity contribution in [2.24, 2.45) is 0 Å². The molecule has 0 spiro atoms. The molecule has 1 aliphatic rings. The molecular formula is C26H31N3O5S. The van der Waals surface area contributed by atoms with Crippen molar-refractivity contribution in [3.8, 4) is 5.75 Å². The van der Waals surface area contributed by atoms with Crippen LogP contribution in [-0.2, 0) is 26.2 Å². The Kier molecular flexibility index (Phi) is 8.00. The van der Waals surface area contributed by atoms with Crippen molar-refractivity contribution in [2.45, 2.75) is 43.7 Å². The lowest BCUT2D eigenvalue weighted by atomic mass is 10.1. The van der Waals surface area contributed by atoms with E-state index in [1.807, 2.05) is 42.2 Å². The number of aromatic nitrogens is 1. The molecule has 1 saturated heterocycles. The second kappa shape index (κ2) is 11.2. The minimum absolute atomic E-state index is 0.0400. The van der Waals surface area contributed by atoms with E-state index in [0.717, 1.165) is 54.5 Å². The highest BCUT2D eigenvalue weighted by Gasteiger charge is 2.29. The van der Waals surface area contributed by atoms with Crippen molar-refractivity contribution < 1.29 is 22.7 Å². The van der Waals surface area contributed by atoms with E-state index in [1.165, 1.54) is 19.2 Å². The second-order valence-corrected chi connectivity index (χ2v) is 10.5. The summed E-state index contributed by atoms with van der Waals surface area (Å²) < 4.78 is 39.2. The molecular weight excluding hydrogens is 466 g/mol. The Morgan fingerprint density at radius 3 is 2.51 bits per heavy atom. The van der Waals surface area contributed by atoms with Crippen molar-refractivity contribution in [1.29, 1.82) is 0 Å². The maximum absolute atomic E-state index is 12.9. The number of carbonyl (C=O) groups is 1. The number of nitrogens with zero attached hydrogens (tertiary/aromatic N) is 2. The summed E-state index contributed by atoms with van der Waals surface area (Å²) in [6.45, 7) is 3.74. The number of pyridine rings is 1. The smallest absolute Gasteiger partial charge is 0.324 e. The topological polar surface area (TPSA) is 97.8 Å². The third kappa shape index (κ3) is 6.17. The number of likely N-dealkylation sites (tertiary alicyclic amines) is 1. The van der Waals surface area contributed by atoms with Crippen LogP contribution in [0, 0.1) is 6.92 Å². The first-order valence-electron chi connectivity index (χ1n) is 11.8. The second-order valence-electron chi connectivity index (χ2n) is 8.69. The highest BCUT2D eigenvalue weighted by Crippen LogP contribution is 2.22. The SMILES string of the molecule is COC(=O)[C@@H](CNS(=O)(=O)c1ccc(OCc2cc(C)nc3ccccc23)cc1)N1CCCCC1. The van der Waals surface area contributed by atoms with Crippen molar-refractivity contribution in [2.75, 3.05) is 26.7 Å². The molecule has 2 aromatic carbocycles. The average Bonchev–Trinajstić information content (AvgIpc) is 2.88. The van der Waals surface area contributed by atoms with E-state index in [-0.39, 0.29) is 11.4 Å². The van der Waals surface area contributed by atoms with E-state index in [2.05, 4.69) is 9.71 Å². The van der Waals surface area contributed by atoms with Crippen molar-refractivity contribution in [3.05, 3.63) is 65.9 Å². The summed E-state index contributed by atoms with van der Waals surface area (Å²) in [5, 5.41) is 1.02. The number of hydrogen-bond acceptors (Lipinski definition) is 7. The maximum Gasteiger partial charge on any atom is 0.324 e. The third-order valence-electron chi connectivity index (χ3n) is 6.23. The van der Waals surface area contributed by atoms with Gasteiger partial charge in [0.15, 0.2) is 0 Å². The molecule has 1 aromatic heterocycles. The molecule has 35 heavy (non-hydrogen) atoms. The van der Waals surface area contributed by atoms with E-state index >= 15 is 0 Å². The Balaban J connectivity index is 1.41. The lowest BCUT2D eigenvalue weighted by Crippen LogP contribution is -2.50. The zero-order chi connectivity index (χ0) is 24.8. The molecule has 9 heteroatoms. The maximum atomic E-state index is 12.9. The molecule has 1 fully saturated rings. The molecule has 4 rings (SSSR count). The van der Waals surface area contributed by atoms with Crippen LogP contribution in [0.1, 0.15) is 30.5 Å². The molecule has 0 saturated carbocycles. The van der Waals surface area contributed by atoms with Gasteiger partial charge in [-0.15, -0.1) is 0 Å². The monoisotopic (exact) mass is 497 g/mol. The van der Waals surface area contributed by atoms with Crippen LogP contribution in [0.25, 0.3) is 10.9 Å². The molecule has 0 amide bonds. The van der Waals surface area contributed by atoms with Gasteiger partial charge < -0.3 is 9.47 Å². The minimum Gasteiger partial charge on any atom is -0.489 e. The van der Waals surface area contributed by atoms with Gasteiger partial charge in [-0.25, -0.2) is 13.1 Å². The van der Waals surface area contributed by atoms with Crippen LogP contribution >= 0.6 is 0 Å². The number of hydrogen-bond donors (Lipinski definition) is 1. The molecule has 0 unspecified atom stereocenters. The number of para-hydroxylation sites is 1. The lowest BCUT2D eigenvalue weighted by Gasteiger charge is -2.32. The number of methoxy groups -OCH3 is 1. The van der Waals surface area contributed by atoms with Gasteiger partial charge in [0.1, 0.15) is 18.4 Å². The van der Waals surface area contributed by atoms with Crippen molar-refractivity contribution >= 4 is 26.9 Å². The molecule has 0 radical (unpaired) electrons. The van der Waals surface area contributed by atoms with Crippen LogP contribution in [0.3, 0.4) is 0 Å². The predicted molar refractivity (Wildman–Crippen MR) is 134 cm³/mol. The zero-order valence-corrected chi connectivity index (χ0v) is 20.9. The normalized spacial score (nSPS) is 15.6. The molecule has 186 valence electrons. The van der Waals surface area contributed by atoms with E-state index in [0.29, 0.717) is 12.4 Å². The van der Waals surface area contributed by atoms with Crippen LogP contribution in [-0.4, -0.2) is 57.1 Å².